The second-order valence-electron chi connectivity index (χ2n) is 4.46. The topological polar surface area (TPSA) is 55.6 Å². The highest BCUT2D eigenvalue weighted by Gasteiger charge is 2.28. The number of carbonyl (C=O) groups is 1. The molecular formula is C12H25ClN2O2. The first kappa shape index (κ1) is 16.7. The van der Waals surface area contributed by atoms with Crippen LogP contribution in [0, 0.1) is 0 Å². The second kappa shape index (κ2) is 8.72. The summed E-state index contributed by atoms with van der Waals surface area (Å²) < 4.78 is 5.21. The van der Waals surface area contributed by atoms with Gasteiger partial charge in [0.1, 0.15) is 0 Å². The Morgan fingerprint density at radius 1 is 1.53 bits per heavy atom. The number of hydrogen-bond acceptors (Lipinski definition) is 3. The van der Waals surface area contributed by atoms with Gasteiger partial charge in [-0.15, -0.1) is 12.4 Å². The standard InChI is InChI=1S/C12H24N2O2.ClH/c1-3-16-9-7-12(15)14-8-5-4-6-11(14)10(2)13;/h10-11H,3-9,13H2,1-2H3;1H. The molecule has 4 nitrogen and oxygen atoms in total. The van der Waals surface area contributed by atoms with Crippen LogP contribution in [0.5, 0.6) is 0 Å². The third-order valence-electron chi connectivity index (χ3n) is 3.14. The molecule has 0 aromatic rings. The van der Waals surface area contributed by atoms with Gasteiger partial charge in [-0.05, 0) is 33.1 Å². The van der Waals surface area contributed by atoms with E-state index >= 15 is 0 Å². The number of ether oxygens (including phenoxy) is 1. The lowest BCUT2D eigenvalue weighted by atomic mass is 9.96. The highest BCUT2D eigenvalue weighted by Crippen LogP contribution is 2.19. The summed E-state index contributed by atoms with van der Waals surface area (Å²) in [6, 6.07) is 0.291. The van der Waals surface area contributed by atoms with E-state index < -0.39 is 0 Å². The van der Waals surface area contributed by atoms with E-state index in [1.165, 1.54) is 6.42 Å². The van der Waals surface area contributed by atoms with Gasteiger partial charge in [-0.3, -0.25) is 4.79 Å². The lowest BCUT2D eigenvalue weighted by Crippen LogP contribution is -2.51. The highest BCUT2D eigenvalue weighted by atomic mass is 35.5. The van der Waals surface area contributed by atoms with Gasteiger partial charge >= 0.3 is 0 Å². The fraction of sp³-hybridized carbons (Fsp3) is 0.917. The van der Waals surface area contributed by atoms with Gasteiger partial charge in [-0.25, -0.2) is 0 Å². The van der Waals surface area contributed by atoms with Crippen LogP contribution < -0.4 is 5.73 Å². The van der Waals surface area contributed by atoms with Gasteiger partial charge in [-0.2, -0.15) is 0 Å². The van der Waals surface area contributed by atoms with E-state index in [-0.39, 0.29) is 30.4 Å². The van der Waals surface area contributed by atoms with E-state index in [1.807, 2.05) is 18.7 Å². The second-order valence-corrected chi connectivity index (χ2v) is 4.46. The molecule has 1 amide bonds. The first-order chi connectivity index (χ1) is 7.66. The Labute approximate surface area is 110 Å². The Hall–Kier alpha value is -0.320. The van der Waals surface area contributed by atoms with Crippen LogP contribution >= 0.6 is 12.4 Å². The van der Waals surface area contributed by atoms with Crippen LogP contribution in [0.15, 0.2) is 0 Å². The van der Waals surface area contributed by atoms with Crippen molar-refractivity contribution in [2.45, 2.75) is 51.6 Å². The zero-order valence-electron chi connectivity index (χ0n) is 10.9. The Kier molecular flexibility index (Phi) is 8.56. The normalized spacial score (nSPS) is 21.8. The van der Waals surface area contributed by atoms with Crippen molar-refractivity contribution in [3.05, 3.63) is 0 Å². The molecular weight excluding hydrogens is 240 g/mol. The Morgan fingerprint density at radius 2 is 2.24 bits per heavy atom. The maximum Gasteiger partial charge on any atom is 0.225 e. The van der Waals surface area contributed by atoms with Crippen LogP contribution in [0.2, 0.25) is 0 Å². The van der Waals surface area contributed by atoms with E-state index in [1.54, 1.807) is 0 Å². The molecule has 0 aliphatic carbocycles. The molecule has 1 fully saturated rings. The molecule has 102 valence electrons. The fourth-order valence-electron chi connectivity index (χ4n) is 2.26. The number of nitrogens with two attached hydrogens (primary N) is 1. The monoisotopic (exact) mass is 264 g/mol. The van der Waals surface area contributed by atoms with Gasteiger partial charge in [-0.1, -0.05) is 0 Å². The molecule has 1 rings (SSSR count). The van der Waals surface area contributed by atoms with Crippen molar-refractivity contribution in [1.82, 2.24) is 4.90 Å². The smallest absolute Gasteiger partial charge is 0.225 e. The predicted octanol–water partition coefficient (Wildman–Crippen LogP) is 1.56. The van der Waals surface area contributed by atoms with Gasteiger partial charge in [0.2, 0.25) is 5.91 Å². The summed E-state index contributed by atoms with van der Waals surface area (Å²) in [4.78, 5) is 13.9. The maximum atomic E-state index is 12.0. The van der Waals surface area contributed by atoms with Crippen molar-refractivity contribution in [2.24, 2.45) is 5.73 Å². The van der Waals surface area contributed by atoms with Crippen LogP contribution in [0.3, 0.4) is 0 Å². The maximum absolute atomic E-state index is 12.0. The third kappa shape index (κ3) is 5.23. The number of rotatable bonds is 5. The largest absolute Gasteiger partial charge is 0.381 e. The van der Waals surface area contributed by atoms with Crippen molar-refractivity contribution in [2.75, 3.05) is 19.8 Å². The summed E-state index contributed by atoms with van der Waals surface area (Å²) in [5, 5.41) is 0. The minimum atomic E-state index is 0. The molecule has 0 spiro atoms. The van der Waals surface area contributed by atoms with Crippen molar-refractivity contribution < 1.29 is 9.53 Å². The zero-order valence-corrected chi connectivity index (χ0v) is 11.7. The first-order valence-electron chi connectivity index (χ1n) is 6.29. The highest BCUT2D eigenvalue weighted by molar-refractivity contribution is 5.85. The number of carbonyl (C=O) groups excluding carboxylic acids is 1. The Bertz CT molecular complexity index is 225. The average Bonchev–Trinajstić information content (AvgIpc) is 2.29. The van der Waals surface area contributed by atoms with Crippen LogP contribution in [0.25, 0.3) is 0 Å². The molecule has 2 N–H and O–H groups in total. The molecule has 5 heteroatoms. The first-order valence-corrected chi connectivity index (χ1v) is 6.29. The number of amides is 1. The molecule has 2 unspecified atom stereocenters. The number of halogens is 1. The molecule has 0 aromatic carbocycles. The molecule has 0 radical (unpaired) electrons. The molecule has 17 heavy (non-hydrogen) atoms. The summed E-state index contributed by atoms with van der Waals surface area (Å²) in [5.41, 5.74) is 5.93. The molecule has 1 aliphatic heterocycles. The minimum absolute atomic E-state index is 0. The average molecular weight is 265 g/mol. The van der Waals surface area contributed by atoms with Gasteiger partial charge in [0.05, 0.1) is 13.0 Å². The van der Waals surface area contributed by atoms with Crippen LogP contribution in [-0.4, -0.2) is 42.6 Å². The lowest BCUT2D eigenvalue weighted by molar-refractivity contribution is -0.136. The van der Waals surface area contributed by atoms with Gasteiger partial charge in [0, 0.05) is 25.2 Å². The number of hydrogen-bond donors (Lipinski definition) is 1. The molecule has 1 aliphatic rings. The summed E-state index contributed by atoms with van der Waals surface area (Å²) in [7, 11) is 0. The number of likely N-dealkylation sites (tertiary alicyclic amines) is 1. The van der Waals surface area contributed by atoms with E-state index in [4.69, 9.17) is 10.5 Å². The van der Waals surface area contributed by atoms with Crippen LogP contribution in [0.1, 0.15) is 39.5 Å². The van der Waals surface area contributed by atoms with Crippen molar-refractivity contribution >= 4 is 18.3 Å². The number of nitrogens with zero attached hydrogens (tertiary/aromatic N) is 1. The summed E-state index contributed by atoms with van der Waals surface area (Å²) >= 11 is 0. The van der Waals surface area contributed by atoms with Gasteiger partial charge in [0.15, 0.2) is 0 Å². The summed E-state index contributed by atoms with van der Waals surface area (Å²) in [6.07, 6.45) is 3.81. The molecule has 2 atom stereocenters. The van der Waals surface area contributed by atoms with Gasteiger partial charge in [0.25, 0.3) is 0 Å². The van der Waals surface area contributed by atoms with E-state index in [0.717, 1.165) is 19.4 Å². The summed E-state index contributed by atoms with van der Waals surface area (Å²) in [5.74, 6) is 0.190. The third-order valence-corrected chi connectivity index (χ3v) is 3.14. The quantitative estimate of drug-likeness (QED) is 0.767. The Balaban J connectivity index is 0.00000256. The molecule has 1 heterocycles. The Morgan fingerprint density at radius 3 is 2.82 bits per heavy atom. The predicted molar refractivity (Wildman–Crippen MR) is 71.4 cm³/mol. The zero-order chi connectivity index (χ0) is 12.0. The molecule has 0 aromatic heterocycles. The van der Waals surface area contributed by atoms with Crippen molar-refractivity contribution in [1.29, 1.82) is 0 Å². The van der Waals surface area contributed by atoms with E-state index in [2.05, 4.69) is 0 Å². The SMILES string of the molecule is CCOCCC(=O)N1CCCCC1C(C)N.Cl. The summed E-state index contributed by atoms with van der Waals surface area (Å²) in [6.45, 7) is 5.98. The van der Waals surface area contributed by atoms with Crippen molar-refractivity contribution in [3.8, 4) is 0 Å². The van der Waals surface area contributed by atoms with Gasteiger partial charge < -0.3 is 15.4 Å². The fourth-order valence-corrected chi connectivity index (χ4v) is 2.26. The van der Waals surface area contributed by atoms with Crippen molar-refractivity contribution in [3.63, 3.8) is 0 Å². The molecule has 0 saturated carbocycles. The molecule has 0 bridgehead atoms. The minimum Gasteiger partial charge on any atom is -0.381 e. The molecule has 1 saturated heterocycles. The lowest BCUT2D eigenvalue weighted by Gasteiger charge is -2.38. The van der Waals surface area contributed by atoms with E-state index in [0.29, 0.717) is 19.6 Å². The van der Waals surface area contributed by atoms with Crippen LogP contribution in [0.4, 0.5) is 0 Å². The van der Waals surface area contributed by atoms with E-state index in [9.17, 15) is 4.79 Å². The van der Waals surface area contributed by atoms with Crippen LogP contribution in [-0.2, 0) is 9.53 Å². The number of piperidine rings is 1.